The summed E-state index contributed by atoms with van der Waals surface area (Å²) in [7, 11) is 1.59. The fraction of sp³-hybridized carbons (Fsp3) is 0.200. The van der Waals surface area contributed by atoms with Crippen LogP contribution >= 0.6 is 0 Å². The molecule has 0 radical (unpaired) electrons. The van der Waals surface area contributed by atoms with E-state index in [2.05, 4.69) is 0 Å². The lowest BCUT2D eigenvalue weighted by atomic mass is 10.1. The molecular formula is C10H8F2NO2S-. The molecular weight excluding hydrogens is 236 g/mol. The first-order valence-electron chi connectivity index (χ1n) is 4.48. The van der Waals surface area contributed by atoms with Gasteiger partial charge in [-0.3, -0.25) is 4.21 Å². The van der Waals surface area contributed by atoms with E-state index in [1.54, 1.807) is 19.3 Å². The van der Waals surface area contributed by atoms with Crippen molar-refractivity contribution < 1.29 is 17.5 Å². The van der Waals surface area contributed by atoms with Crippen LogP contribution in [0, 0.1) is 11.6 Å². The van der Waals surface area contributed by atoms with E-state index < -0.39 is 28.5 Å². The molecule has 86 valence electrons. The summed E-state index contributed by atoms with van der Waals surface area (Å²) in [6, 6.07) is 2.96. The summed E-state index contributed by atoms with van der Waals surface area (Å²) in [5.74, 6) is -2.63. The number of hydrogen-bond acceptors (Lipinski definition) is 2. The third kappa shape index (κ3) is 1.74. The molecule has 0 spiro atoms. The highest BCUT2D eigenvalue weighted by Crippen LogP contribution is 2.24. The van der Waals surface area contributed by atoms with Crippen LogP contribution in [-0.2, 0) is 23.9 Å². The van der Waals surface area contributed by atoms with E-state index in [1.165, 1.54) is 10.6 Å². The Balaban J connectivity index is 2.70. The van der Waals surface area contributed by atoms with Crippen LogP contribution in [0.25, 0.3) is 10.9 Å². The van der Waals surface area contributed by atoms with Crippen LogP contribution in [0.2, 0.25) is 0 Å². The minimum absolute atomic E-state index is 0.137. The number of rotatable bonds is 2. The molecule has 1 unspecified atom stereocenters. The molecule has 3 nitrogen and oxygen atoms in total. The molecule has 0 saturated heterocycles. The SMILES string of the molecule is Cn1ccc2cc(CS(=O)[O-])c(F)c(F)c21. The lowest BCUT2D eigenvalue weighted by Gasteiger charge is -2.08. The van der Waals surface area contributed by atoms with Gasteiger partial charge in [0.1, 0.15) is 0 Å². The van der Waals surface area contributed by atoms with Crippen LogP contribution in [0.5, 0.6) is 0 Å². The summed E-state index contributed by atoms with van der Waals surface area (Å²) in [4.78, 5) is 0. The Morgan fingerprint density at radius 2 is 2.12 bits per heavy atom. The lowest BCUT2D eigenvalue weighted by molar-refractivity contribution is 0.502. The zero-order chi connectivity index (χ0) is 11.9. The van der Waals surface area contributed by atoms with Gasteiger partial charge in [0.2, 0.25) is 0 Å². The Bertz CT molecular complexity index is 580. The van der Waals surface area contributed by atoms with Crippen molar-refractivity contribution in [3.63, 3.8) is 0 Å². The molecule has 0 saturated carbocycles. The zero-order valence-corrected chi connectivity index (χ0v) is 9.18. The zero-order valence-electron chi connectivity index (χ0n) is 8.37. The maximum atomic E-state index is 13.6. The van der Waals surface area contributed by atoms with E-state index in [1.807, 2.05) is 0 Å². The van der Waals surface area contributed by atoms with Crippen molar-refractivity contribution in [3.8, 4) is 0 Å². The molecule has 0 fully saturated rings. The molecule has 1 atom stereocenters. The summed E-state index contributed by atoms with van der Waals surface area (Å²) in [5.41, 5.74) is -0.0116. The molecule has 6 heteroatoms. The number of benzene rings is 1. The normalized spacial score (nSPS) is 13.2. The van der Waals surface area contributed by atoms with Gasteiger partial charge in [0, 0.05) is 29.9 Å². The molecule has 0 bridgehead atoms. The fourth-order valence-corrected chi connectivity index (χ4v) is 2.14. The van der Waals surface area contributed by atoms with Crippen molar-refractivity contribution in [2.45, 2.75) is 5.75 Å². The van der Waals surface area contributed by atoms with Gasteiger partial charge in [-0.15, -0.1) is 0 Å². The smallest absolute Gasteiger partial charge is 0.183 e. The van der Waals surface area contributed by atoms with E-state index in [-0.39, 0.29) is 11.1 Å². The highest BCUT2D eigenvalue weighted by Gasteiger charge is 2.15. The number of hydrogen-bond donors (Lipinski definition) is 0. The van der Waals surface area contributed by atoms with E-state index in [0.717, 1.165) is 0 Å². The first-order chi connectivity index (χ1) is 7.50. The third-order valence-electron chi connectivity index (χ3n) is 2.39. The molecule has 2 aromatic rings. The van der Waals surface area contributed by atoms with Crippen molar-refractivity contribution in [2.24, 2.45) is 7.05 Å². The predicted molar refractivity (Wildman–Crippen MR) is 55.5 cm³/mol. The highest BCUT2D eigenvalue weighted by atomic mass is 32.2. The number of nitrogens with zero attached hydrogens (tertiary/aromatic N) is 1. The fourth-order valence-electron chi connectivity index (χ4n) is 1.68. The van der Waals surface area contributed by atoms with Gasteiger partial charge in [0.25, 0.3) is 0 Å². The summed E-state index contributed by atoms with van der Waals surface area (Å²) in [6.45, 7) is 0. The van der Waals surface area contributed by atoms with Crippen LogP contribution in [-0.4, -0.2) is 13.3 Å². The van der Waals surface area contributed by atoms with Crippen molar-refractivity contribution in [1.82, 2.24) is 4.57 Å². The van der Waals surface area contributed by atoms with Gasteiger partial charge >= 0.3 is 0 Å². The van der Waals surface area contributed by atoms with E-state index in [9.17, 15) is 17.5 Å². The minimum atomic E-state index is -2.43. The minimum Gasteiger partial charge on any atom is -0.772 e. The maximum absolute atomic E-state index is 13.6. The molecule has 1 aromatic carbocycles. The van der Waals surface area contributed by atoms with Gasteiger partial charge in [-0.25, -0.2) is 8.78 Å². The Morgan fingerprint density at radius 3 is 2.75 bits per heavy atom. The summed E-state index contributed by atoms with van der Waals surface area (Å²) in [5, 5.41) is 0.488. The number of halogens is 2. The second-order valence-electron chi connectivity index (χ2n) is 3.48. The number of aryl methyl sites for hydroxylation is 1. The Kier molecular flexibility index (Phi) is 2.77. The number of fused-ring (bicyclic) bond motifs is 1. The van der Waals surface area contributed by atoms with Gasteiger partial charge in [0.15, 0.2) is 11.6 Å². The average molecular weight is 244 g/mol. The first-order valence-corrected chi connectivity index (χ1v) is 5.73. The second kappa shape index (κ2) is 3.95. The van der Waals surface area contributed by atoms with Gasteiger partial charge < -0.3 is 9.12 Å². The number of aromatic nitrogens is 1. The van der Waals surface area contributed by atoms with E-state index >= 15 is 0 Å². The second-order valence-corrected chi connectivity index (χ2v) is 4.37. The van der Waals surface area contributed by atoms with Gasteiger partial charge in [-0.05, 0) is 12.1 Å². The van der Waals surface area contributed by atoms with Crippen molar-refractivity contribution in [3.05, 3.63) is 35.5 Å². The molecule has 0 aliphatic heterocycles. The van der Waals surface area contributed by atoms with Crippen LogP contribution in [0.4, 0.5) is 8.78 Å². The maximum Gasteiger partial charge on any atom is 0.183 e. The highest BCUT2D eigenvalue weighted by molar-refractivity contribution is 7.78. The molecule has 16 heavy (non-hydrogen) atoms. The van der Waals surface area contributed by atoms with Crippen LogP contribution in [0.1, 0.15) is 5.56 Å². The Hall–Kier alpha value is -1.27. The first kappa shape index (κ1) is 11.2. The third-order valence-corrected chi connectivity index (χ3v) is 2.94. The Labute approximate surface area is 93.0 Å². The average Bonchev–Trinajstić information content (AvgIpc) is 2.55. The molecule has 0 amide bonds. The van der Waals surface area contributed by atoms with Gasteiger partial charge in [-0.2, -0.15) is 0 Å². The summed E-state index contributed by atoms with van der Waals surface area (Å²) in [6.07, 6.45) is 1.59. The molecule has 1 heterocycles. The van der Waals surface area contributed by atoms with E-state index in [4.69, 9.17) is 0 Å². The molecule has 0 aliphatic rings. The lowest BCUT2D eigenvalue weighted by Crippen LogP contribution is -2.01. The molecule has 0 N–H and O–H groups in total. The Morgan fingerprint density at radius 1 is 1.44 bits per heavy atom. The largest absolute Gasteiger partial charge is 0.772 e. The summed E-state index contributed by atoms with van der Waals surface area (Å²) >= 11 is -2.43. The molecule has 1 aromatic heterocycles. The van der Waals surface area contributed by atoms with Gasteiger partial charge in [0.05, 0.1) is 5.52 Å². The predicted octanol–water partition coefficient (Wildman–Crippen LogP) is 1.84. The van der Waals surface area contributed by atoms with E-state index in [0.29, 0.717) is 5.39 Å². The molecule has 2 rings (SSSR count). The molecule has 0 aliphatic carbocycles. The topological polar surface area (TPSA) is 45.1 Å². The standard InChI is InChI=1S/C10H9F2NO2S/c1-13-3-2-6-4-7(5-16(14)15)8(11)9(12)10(6)13/h2-4H,5H2,1H3,(H,14,15)/p-1. The van der Waals surface area contributed by atoms with Crippen molar-refractivity contribution >= 4 is 22.0 Å². The summed E-state index contributed by atoms with van der Waals surface area (Å²) < 4.78 is 49.5. The van der Waals surface area contributed by atoms with Gasteiger partial charge in [-0.1, -0.05) is 11.1 Å². The van der Waals surface area contributed by atoms with Crippen LogP contribution < -0.4 is 0 Å². The van der Waals surface area contributed by atoms with Crippen molar-refractivity contribution in [1.29, 1.82) is 0 Å². The monoisotopic (exact) mass is 244 g/mol. The van der Waals surface area contributed by atoms with Crippen LogP contribution in [0.15, 0.2) is 18.3 Å². The van der Waals surface area contributed by atoms with Crippen LogP contribution in [0.3, 0.4) is 0 Å². The quantitative estimate of drug-likeness (QED) is 0.756. The van der Waals surface area contributed by atoms with Crippen molar-refractivity contribution in [2.75, 3.05) is 0 Å².